The van der Waals surface area contributed by atoms with Crippen LogP contribution in [0.3, 0.4) is 0 Å². The van der Waals surface area contributed by atoms with Crippen molar-refractivity contribution in [2.24, 2.45) is 5.73 Å². The van der Waals surface area contributed by atoms with Crippen LogP contribution in [-0.2, 0) is 0 Å². The summed E-state index contributed by atoms with van der Waals surface area (Å²) in [6.07, 6.45) is 2.69. The predicted octanol–water partition coefficient (Wildman–Crippen LogP) is 2.98. The van der Waals surface area contributed by atoms with E-state index in [-0.39, 0.29) is 0 Å². The van der Waals surface area contributed by atoms with E-state index in [1.165, 1.54) is 5.56 Å². The summed E-state index contributed by atoms with van der Waals surface area (Å²) in [5.74, 6) is 0.488. The van der Waals surface area contributed by atoms with Gasteiger partial charge >= 0.3 is 0 Å². The summed E-state index contributed by atoms with van der Waals surface area (Å²) in [6, 6.07) is 10.0. The normalized spacial score (nSPS) is 12.6. The maximum absolute atomic E-state index is 6.01. The molecule has 0 saturated carbocycles. The van der Waals surface area contributed by atoms with E-state index in [1.807, 2.05) is 12.1 Å². The van der Waals surface area contributed by atoms with E-state index < -0.39 is 0 Å². The van der Waals surface area contributed by atoms with Crippen LogP contribution < -0.4 is 5.73 Å². The van der Waals surface area contributed by atoms with Crippen LogP contribution in [0.4, 0.5) is 0 Å². The lowest BCUT2D eigenvalue weighted by Crippen LogP contribution is -2.04. The highest BCUT2D eigenvalue weighted by Crippen LogP contribution is 2.21. The summed E-state index contributed by atoms with van der Waals surface area (Å²) in [6.45, 7) is 2.90. The van der Waals surface area contributed by atoms with Crippen LogP contribution in [0.5, 0.6) is 0 Å². The van der Waals surface area contributed by atoms with Crippen LogP contribution in [0.1, 0.15) is 24.8 Å². The number of halogens is 1. The van der Waals surface area contributed by atoms with Gasteiger partial charge in [-0.25, -0.2) is 4.68 Å². The van der Waals surface area contributed by atoms with Crippen molar-refractivity contribution in [3.8, 4) is 5.69 Å². The van der Waals surface area contributed by atoms with Gasteiger partial charge in [0.1, 0.15) is 5.15 Å². The molecule has 0 aliphatic heterocycles. The largest absolute Gasteiger partial charge is 0.330 e. The Hall–Kier alpha value is -1.32. The van der Waals surface area contributed by atoms with Crippen molar-refractivity contribution >= 4 is 11.6 Å². The van der Waals surface area contributed by atoms with Gasteiger partial charge in [-0.1, -0.05) is 30.7 Å². The van der Waals surface area contributed by atoms with Gasteiger partial charge in [0.2, 0.25) is 0 Å². The van der Waals surface area contributed by atoms with Gasteiger partial charge in [0, 0.05) is 0 Å². The maximum atomic E-state index is 6.01. The fourth-order valence-electron chi connectivity index (χ4n) is 1.84. The second-order valence-corrected chi connectivity index (χ2v) is 4.52. The van der Waals surface area contributed by atoms with Gasteiger partial charge in [-0.2, -0.15) is 5.10 Å². The van der Waals surface area contributed by atoms with Crippen molar-refractivity contribution < 1.29 is 0 Å². The lowest BCUT2D eigenvalue weighted by atomic mass is 9.98. The molecule has 90 valence electrons. The molecule has 0 radical (unpaired) electrons. The Morgan fingerprint density at radius 2 is 2.00 bits per heavy atom. The molecule has 3 nitrogen and oxygen atoms in total. The number of nitrogens with zero attached hydrogens (tertiary/aromatic N) is 2. The van der Waals surface area contributed by atoms with Crippen LogP contribution in [0, 0.1) is 0 Å². The number of aromatic nitrogens is 2. The SMILES string of the molecule is CC(CCN)c1ccc(-n2nccc2Cl)cc1. The highest BCUT2D eigenvalue weighted by Gasteiger charge is 2.06. The molecular formula is C13H16ClN3. The van der Waals surface area contributed by atoms with E-state index in [0.717, 1.165) is 12.1 Å². The molecule has 1 unspecified atom stereocenters. The summed E-state index contributed by atoms with van der Waals surface area (Å²) in [4.78, 5) is 0. The highest BCUT2D eigenvalue weighted by molar-refractivity contribution is 6.29. The topological polar surface area (TPSA) is 43.8 Å². The number of rotatable bonds is 4. The molecule has 1 heterocycles. The molecule has 1 atom stereocenters. The molecule has 0 spiro atoms. The highest BCUT2D eigenvalue weighted by atomic mass is 35.5. The van der Waals surface area contributed by atoms with Crippen molar-refractivity contribution in [1.29, 1.82) is 0 Å². The Balaban J connectivity index is 2.21. The predicted molar refractivity (Wildman–Crippen MR) is 70.7 cm³/mol. The second kappa shape index (κ2) is 5.34. The van der Waals surface area contributed by atoms with E-state index in [1.54, 1.807) is 16.9 Å². The Morgan fingerprint density at radius 1 is 1.29 bits per heavy atom. The average molecular weight is 250 g/mol. The van der Waals surface area contributed by atoms with Crippen molar-refractivity contribution in [2.75, 3.05) is 6.54 Å². The molecule has 0 aliphatic rings. The molecule has 4 heteroatoms. The smallest absolute Gasteiger partial charge is 0.132 e. The molecule has 1 aromatic carbocycles. The Kier molecular flexibility index (Phi) is 3.82. The van der Waals surface area contributed by atoms with Crippen molar-refractivity contribution in [2.45, 2.75) is 19.3 Å². The maximum Gasteiger partial charge on any atom is 0.132 e. The Bertz CT molecular complexity index is 476. The molecule has 0 fully saturated rings. The van der Waals surface area contributed by atoms with Gasteiger partial charge in [0.25, 0.3) is 0 Å². The quantitative estimate of drug-likeness (QED) is 0.905. The fraction of sp³-hybridized carbons (Fsp3) is 0.308. The molecule has 0 amide bonds. The van der Waals surface area contributed by atoms with Gasteiger partial charge in [-0.3, -0.25) is 0 Å². The van der Waals surface area contributed by atoms with Gasteiger partial charge in [-0.05, 0) is 42.6 Å². The number of hydrogen-bond donors (Lipinski definition) is 1. The lowest BCUT2D eigenvalue weighted by Gasteiger charge is -2.11. The first-order valence-corrected chi connectivity index (χ1v) is 6.10. The number of nitrogens with two attached hydrogens (primary N) is 1. The lowest BCUT2D eigenvalue weighted by molar-refractivity contribution is 0.690. The molecule has 17 heavy (non-hydrogen) atoms. The summed E-state index contributed by atoms with van der Waals surface area (Å²) < 4.78 is 1.71. The van der Waals surface area contributed by atoms with Crippen LogP contribution in [-0.4, -0.2) is 16.3 Å². The van der Waals surface area contributed by atoms with E-state index in [9.17, 15) is 0 Å². The molecule has 2 N–H and O–H groups in total. The van der Waals surface area contributed by atoms with Crippen LogP contribution in [0.2, 0.25) is 5.15 Å². The zero-order valence-electron chi connectivity index (χ0n) is 9.81. The second-order valence-electron chi connectivity index (χ2n) is 4.14. The van der Waals surface area contributed by atoms with Crippen molar-refractivity contribution in [3.63, 3.8) is 0 Å². The van der Waals surface area contributed by atoms with E-state index >= 15 is 0 Å². The van der Waals surface area contributed by atoms with Crippen LogP contribution >= 0.6 is 11.6 Å². The summed E-state index contributed by atoms with van der Waals surface area (Å²) in [7, 11) is 0. The third kappa shape index (κ3) is 2.68. The fourth-order valence-corrected chi connectivity index (χ4v) is 2.04. The van der Waals surface area contributed by atoms with Gasteiger partial charge in [-0.15, -0.1) is 0 Å². The Labute approximate surface area is 106 Å². The van der Waals surface area contributed by atoms with Gasteiger partial charge in [0.05, 0.1) is 11.9 Å². The molecule has 0 saturated heterocycles. The molecule has 0 bridgehead atoms. The molecule has 2 rings (SSSR count). The standard InChI is InChI=1S/C13H16ClN3/c1-10(6-8-15)11-2-4-12(5-3-11)17-13(14)7-9-16-17/h2-5,7,9-10H,6,8,15H2,1H3. The third-order valence-corrected chi connectivity index (χ3v) is 3.19. The molecule has 0 aliphatic carbocycles. The third-order valence-electron chi connectivity index (χ3n) is 2.90. The zero-order chi connectivity index (χ0) is 12.3. The van der Waals surface area contributed by atoms with E-state index in [4.69, 9.17) is 17.3 Å². The van der Waals surface area contributed by atoms with Gasteiger partial charge < -0.3 is 5.73 Å². The summed E-state index contributed by atoms with van der Waals surface area (Å²) >= 11 is 6.01. The minimum atomic E-state index is 0.488. The summed E-state index contributed by atoms with van der Waals surface area (Å²) in [5.41, 5.74) is 7.83. The monoisotopic (exact) mass is 249 g/mol. The molecule has 1 aromatic heterocycles. The van der Waals surface area contributed by atoms with E-state index in [0.29, 0.717) is 17.6 Å². The van der Waals surface area contributed by atoms with Crippen LogP contribution in [0.15, 0.2) is 36.5 Å². The molecular weight excluding hydrogens is 234 g/mol. The number of hydrogen-bond acceptors (Lipinski definition) is 2. The van der Waals surface area contributed by atoms with Crippen molar-refractivity contribution in [3.05, 3.63) is 47.2 Å². The zero-order valence-corrected chi connectivity index (χ0v) is 10.6. The first-order valence-electron chi connectivity index (χ1n) is 5.72. The minimum absolute atomic E-state index is 0.488. The molecule has 2 aromatic rings. The summed E-state index contributed by atoms with van der Waals surface area (Å²) in [5, 5.41) is 4.78. The van der Waals surface area contributed by atoms with Crippen LogP contribution in [0.25, 0.3) is 5.69 Å². The minimum Gasteiger partial charge on any atom is -0.330 e. The Morgan fingerprint density at radius 3 is 2.53 bits per heavy atom. The van der Waals surface area contributed by atoms with Crippen molar-refractivity contribution in [1.82, 2.24) is 9.78 Å². The van der Waals surface area contributed by atoms with E-state index in [2.05, 4.69) is 24.2 Å². The number of benzene rings is 1. The first-order chi connectivity index (χ1) is 8.22. The van der Waals surface area contributed by atoms with Gasteiger partial charge in [0.15, 0.2) is 0 Å². The average Bonchev–Trinajstić information content (AvgIpc) is 2.76. The first kappa shape index (κ1) is 12.1.